The lowest BCUT2D eigenvalue weighted by molar-refractivity contribution is -0.143. The molecule has 126 valence electrons. The van der Waals surface area contributed by atoms with Crippen molar-refractivity contribution in [1.82, 2.24) is 10.2 Å². The first kappa shape index (κ1) is 17.3. The molecular formula is C17H30N2O3. The number of aliphatic hydroxyl groups excluding tert-OH is 1. The minimum atomic E-state index is -0.334. The summed E-state index contributed by atoms with van der Waals surface area (Å²) in [6.07, 6.45) is 6.15. The molecular weight excluding hydrogens is 280 g/mol. The van der Waals surface area contributed by atoms with Gasteiger partial charge < -0.3 is 15.3 Å². The Hall–Kier alpha value is -1.10. The molecule has 2 fully saturated rings. The lowest BCUT2D eigenvalue weighted by Gasteiger charge is -2.36. The average Bonchev–Trinajstić information content (AvgIpc) is 2.48. The topological polar surface area (TPSA) is 69.6 Å². The molecule has 5 heteroatoms. The molecule has 2 amide bonds. The van der Waals surface area contributed by atoms with Gasteiger partial charge in [0.15, 0.2) is 0 Å². The van der Waals surface area contributed by atoms with Crippen molar-refractivity contribution in [1.29, 1.82) is 0 Å². The fourth-order valence-electron chi connectivity index (χ4n) is 3.50. The molecule has 1 aliphatic heterocycles. The zero-order valence-corrected chi connectivity index (χ0v) is 13.9. The van der Waals surface area contributed by atoms with Crippen LogP contribution in [0.15, 0.2) is 0 Å². The monoisotopic (exact) mass is 310 g/mol. The molecule has 1 atom stereocenters. The Balaban J connectivity index is 1.97. The van der Waals surface area contributed by atoms with Crippen LogP contribution in [-0.4, -0.2) is 46.6 Å². The SMILES string of the molecule is CC(C)CC(C(=O)NC1CCC(O)CC1)N1CCCCC1=O. The Bertz CT molecular complexity index is 389. The van der Waals surface area contributed by atoms with E-state index < -0.39 is 0 Å². The first-order chi connectivity index (χ1) is 10.5. The Morgan fingerprint density at radius 2 is 1.95 bits per heavy atom. The normalized spacial score (nSPS) is 27.8. The number of carbonyl (C=O) groups is 2. The van der Waals surface area contributed by atoms with Gasteiger partial charge in [-0.1, -0.05) is 13.8 Å². The minimum Gasteiger partial charge on any atom is -0.393 e. The maximum absolute atomic E-state index is 12.7. The summed E-state index contributed by atoms with van der Waals surface area (Å²) >= 11 is 0. The summed E-state index contributed by atoms with van der Waals surface area (Å²) in [6, 6.07) is -0.190. The van der Waals surface area contributed by atoms with E-state index in [9.17, 15) is 14.7 Å². The smallest absolute Gasteiger partial charge is 0.243 e. The number of hydrogen-bond acceptors (Lipinski definition) is 3. The molecule has 0 radical (unpaired) electrons. The number of nitrogens with zero attached hydrogens (tertiary/aromatic N) is 1. The zero-order chi connectivity index (χ0) is 16.1. The van der Waals surface area contributed by atoms with E-state index in [1.165, 1.54) is 0 Å². The van der Waals surface area contributed by atoms with E-state index in [4.69, 9.17) is 0 Å². The van der Waals surface area contributed by atoms with Crippen LogP contribution in [0.25, 0.3) is 0 Å². The highest BCUT2D eigenvalue weighted by Gasteiger charge is 2.33. The fraction of sp³-hybridized carbons (Fsp3) is 0.882. The molecule has 1 saturated heterocycles. The first-order valence-electron chi connectivity index (χ1n) is 8.75. The van der Waals surface area contributed by atoms with Crippen molar-refractivity contribution in [3.8, 4) is 0 Å². The number of rotatable bonds is 5. The standard InChI is InChI=1S/C17H30N2O3/c1-12(2)11-15(19-10-4-3-5-16(19)21)17(22)18-13-6-8-14(20)9-7-13/h12-15,20H,3-11H2,1-2H3,(H,18,22). The highest BCUT2D eigenvalue weighted by atomic mass is 16.3. The van der Waals surface area contributed by atoms with Gasteiger partial charge in [0.05, 0.1) is 6.10 Å². The number of hydrogen-bond donors (Lipinski definition) is 2. The molecule has 2 aliphatic rings. The van der Waals surface area contributed by atoms with Gasteiger partial charge in [0.2, 0.25) is 11.8 Å². The number of carbonyl (C=O) groups excluding carboxylic acids is 2. The largest absolute Gasteiger partial charge is 0.393 e. The Morgan fingerprint density at radius 1 is 1.27 bits per heavy atom. The van der Waals surface area contributed by atoms with Gasteiger partial charge in [-0.2, -0.15) is 0 Å². The fourth-order valence-corrected chi connectivity index (χ4v) is 3.50. The van der Waals surface area contributed by atoms with Gasteiger partial charge in [-0.15, -0.1) is 0 Å². The number of amides is 2. The van der Waals surface area contributed by atoms with Crippen LogP contribution < -0.4 is 5.32 Å². The van der Waals surface area contributed by atoms with Crippen LogP contribution in [-0.2, 0) is 9.59 Å². The summed E-state index contributed by atoms with van der Waals surface area (Å²) in [5.41, 5.74) is 0. The van der Waals surface area contributed by atoms with Gasteiger partial charge >= 0.3 is 0 Å². The molecule has 22 heavy (non-hydrogen) atoms. The van der Waals surface area contributed by atoms with Crippen molar-refractivity contribution in [3.05, 3.63) is 0 Å². The Kier molecular flexibility index (Phi) is 6.24. The van der Waals surface area contributed by atoms with E-state index in [1.807, 2.05) is 0 Å². The molecule has 2 rings (SSSR count). The molecule has 0 aromatic heterocycles. The molecule has 1 heterocycles. The van der Waals surface area contributed by atoms with E-state index in [0.29, 0.717) is 25.3 Å². The number of piperidine rings is 1. The maximum atomic E-state index is 12.7. The lowest BCUT2D eigenvalue weighted by Crippen LogP contribution is -2.54. The van der Waals surface area contributed by atoms with Crippen LogP contribution in [0, 0.1) is 5.92 Å². The molecule has 5 nitrogen and oxygen atoms in total. The van der Waals surface area contributed by atoms with Crippen LogP contribution in [0.3, 0.4) is 0 Å². The molecule has 1 aliphatic carbocycles. The number of likely N-dealkylation sites (tertiary alicyclic amines) is 1. The van der Waals surface area contributed by atoms with Crippen LogP contribution in [0.1, 0.15) is 65.2 Å². The van der Waals surface area contributed by atoms with Crippen molar-refractivity contribution >= 4 is 11.8 Å². The van der Waals surface area contributed by atoms with Crippen molar-refractivity contribution < 1.29 is 14.7 Å². The molecule has 1 unspecified atom stereocenters. The molecule has 0 bridgehead atoms. The van der Waals surface area contributed by atoms with Crippen LogP contribution in [0.5, 0.6) is 0 Å². The summed E-state index contributed by atoms with van der Waals surface area (Å²) in [5.74, 6) is 0.482. The van der Waals surface area contributed by atoms with Crippen molar-refractivity contribution in [2.75, 3.05) is 6.54 Å². The van der Waals surface area contributed by atoms with Gasteiger partial charge in [-0.25, -0.2) is 0 Å². The van der Waals surface area contributed by atoms with E-state index in [0.717, 1.165) is 38.5 Å². The van der Waals surface area contributed by atoms with Crippen molar-refractivity contribution in [2.24, 2.45) is 5.92 Å². The first-order valence-corrected chi connectivity index (χ1v) is 8.75. The zero-order valence-electron chi connectivity index (χ0n) is 13.9. The van der Waals surface area contributed by atoms with Crippen molar-refractivity contribution in [2.45, 2.75) is 83.4 Å². The predicted molar refractivity (Wildman–Crippen MR) is 85.2 cm³/mol. The third-order valence-electron chi connectivity index (χ3n) is 4.78. The minimum absolute atomic E-state index is 0.00894. The van der Waals surface area contributed by atoms with E-state index in [2.05, 4.69) is 19.2 Å². The van der Waals surface area contributed by atoms with Gasteiger partial charge in [-0.3, -0.25) is 9.59 Å². The maximum Gasteiger partial charge on any atom is 0.243 e. The van der Waals surface area contributed by atoms with Gasteiger partial charge in [0.1, 0.15) is 6.04 Å². The second-order valence-corrected chi connectivity index (χ2v) is 7.20. The van der Waals surface area contributed by atoms with E-state index in [-0.39, 0.29) is 30.0 Å². The third-order valence-corrected chi connectivity index (χ3v) is 4.78. The van der Waals surface area contributed by atoms with Crippen LogP contribution >= 0.6 is 0 Å². The third kappa shape index (κ3) is 4.70. The predicted octanol–water partition coefficient (Wildman–Crippen LogP) is 1.83. The van der Waals surface area contributed by atoms with Gasteiger partial charge in [-0.05, 0) is 50.9 Å². The summed E-state index contributed by atoms with van der Waals surface area (Å²) in [5, 5.41) is 12.7. The quantitative estimate of drug-likeness (QED) is 0.814. The Morgan fingerprint density at radius 3 is 2.55 bits per heavy atom. The number of aliphatic hydroxyl groups is 1. The van der Waals surface area contributed by atoms with Gasteiger partial charge in [0, 0.05) is 19.0 Å². The molecule has 0 aromatic carbocycles. The van der Waals surface area contributed by atoms with Crippen molar-refractivity contribution in [3.63, 3.8) is 0 Å². The molecule has 0 aromatic rings. The molecule has 1 saturated carbocycles. The average molecular weight is 310 g/mol. The second kappa shape index (κ2) is 7.95. The summed E-state index contributed by atoms with van der Waals surface area (Å²) in [4.78, 5) is 26.7. The summed E-state index contributed by atoms with van der Waals surface area (Å²) < 4.78 is 0. The van der Waals surface area contributed by atoms with E-state index >= 15 is 0 Å². The molecule has 2 N–H and O–H groups in total. The summed E-state index contributed by atoms with van der Waals surface area (Å²) in [7, 11) is 0. The highest BCUT2D eigenvalue weighted by molar-refractivity contribution is 5.88. The van der Waals surface area contributed by atoms with E-state index in [1.54, 1.807) is 4.90 Å². The van der Waals surface area contributed by atoms with Gasteiger partial charge in [0.25, 0.3) is 0 Å². The molecule has 0 spiro atoms. The lowest BCUT2D eigenvalue weighted by atomic mass is 9.92. The van der Waals surface area contributed by atoms with Crippen LogP contribution in [0.4, 0.5) is 0 Å². The Labute approximate surface area is 133 Å². The second-order valence-electron chi connectivity index (χ2n) is 7.20. The summed E-state index contributed by atoms with van der Waals surface area (Å²) in [6.45, 7) is 4.88. The highest BCUT2D eigenvalue weighted by Crippen LogP contribution is 2.22. The van der Waals surface area contributed by atoms with Crippen LogP contribution in [0.2, 0.25) is 0 Å². The number of nitrogens with one attached hydrogen (secondary N) is 1.